The van der Waals surface area contributed by atoms with Gasteiger partial charge in [0.05, 0.1) is 12.6 Å². The first kappa shape index (κ1) is 11.3. The van der Waals surface area contributed by atoms with E-state index in [-0.39, 0.29) is 12.1 Å². The van der Waals surface area contributed by atoms with Gasteiger partial charge in [0.2, 0.25) is 0 Å². The number of ether oxygens (including phenoxy) is 1. The predicted octanol–water partition coefficient (Wildman–Crippen LogP) is -0.412. The van der Waals surface area contributed by atoms with Crippen molar-refractivity contribution < 1.29 is 9.53 Å². The number of carbonyl (C=O) groups excluding carboxylic acids is 1. The Kier molecular flexibility index (Phi) is 4.16. The maximum Gasteiger partial charge on any atom is 0.319 e. The van der Waals surface area contributed by atoms with Crippen molar-refractivity contribution in [3.8, 4) is 0 Å². The van der Waals surface area contributed by atoms with Crippen molar-refractivity contribution in [1.82, 2.24) is 15.1 Å². The molecule has 5 heteroatoms. The maximum atomic E-state index is 11.8. The molecule has 0 bridgehead atoms. The Bertz CT molecular complexity index is 194. The fourth-order valence-electron chi connectivity index (χ4n) is 1.61. The molecule has 14 heavy (non-hydrogen) atoms. The van der Waals surface area contributed by atoms with E-state index in [1.54, 1.807) is 26.1 Å². The molecule has 1 atom stereocenters. The van der Waals surface area contributed by atoms with Gasteiger partial charge in [0.1, 0.15) is 0 Å². The lowest BCUT2D eigenvalue weighted by molar-refractivity contribution is 0.0799. The lowest BCUT2D eigenvalue weighted by Crippen LogP contribution is -2.57. The summed E-state index contributed by atoms with van der Waals surface area (Å²) in [5.41, 5.74) is 0. The molecule has 1 rings (SSSR count). The van der Waals surface area contributed by atoms with Gasteiger partial charge in [0, 0.05) is 40.8 Å². The summed E-state index contributed by atoms with van der Waals surface area (Å²) >= 11 is 0. The van der Waals surface area contributed by atoms with Gasteiger partial charge in [-0.05, 0) is 0 Å². The molecule has 0 aromatic rings. The minimum absolute atomic E-state index is 0.0635. The van der Waals surface area contributed by atoms with Crippen LogP contribution in [0.15, 0.2) is 0 Å². The largest absolute Gasteiger partial charge is 0.382 e. The second-order valence-electron chi connectivity index (χ2n) is 3.68. The van der Waals surface area contributed by atoms with E-state index in [0.717, 1.165) is 19.6 Å². The third-order valence-corrected chi connectivity index (χ3v) is 2.34. The van der Waals surface area contributed by atoms with Crippen LogP contribution in [0.25, 0.3) is 0 Å². The quantitative estimate of drug-likeness (QED) is 0.660. The van der Waals surface area contributed by atoms with Crippen LogP contribution in [-0.2, 0) is 4.74 Å². The summed E-state index contributed by atoms with van der Waals surface area (Å²) in [7, 11) is 5.20. The highest BCUT2D eigenvalue weighted by Crippen LogP contribution is 2.06. The number of methoxy groups -OCH3 is 1. The Morgan fingerprint density at radius 3 is 2.93 bits per heavy atom. The lowest BCUT2D eigenvalue weighted by atomic mass is 10.2. The summed E-state index contributed by atoms with van der Waals surface area (Å²) in [4.78, 5) is 15.2. The molecular weight excluding hydrogens is 182 g/mol. The van der Waals surface area contributed by atoms with E-state index in [1.807, 2.05) is 4.90 Å². The molecule has 1 aliphatic heterocycles. The first-order chi connectivity index (χ1) is 6.66. The van der Waals surface area contributed by atoms with E-state index in [1.165, 1.54) is 0 Å². The summed E-state index contributed by atoms with van der Waals surface area (Å²) < 4.78 is 5.09. The Labute approximate surface area is 85.0 Å². The zero-order valence-corrected chi connectivity index (χ0v) is 9.12. The Morgan fingerprint density at radius 2 is 2.36 bits per heavy atom. The summed E-state index contributed by atoms with van der Waals surface area (Å²) in [6.07, 6.45) is 0. The summed E-state index contributed by atoms with van der Waals surface area (Å²) in [6.45, 7) is 3.02. The predicted molar refractivity (Wildman–Crippen MR) is 54.3 cm³/mol. The molecule has 0 aliphatic carbocycles. The second-order valence-corrected chi connectivity index (χ2v) is 3.68. The van der Waals surface area contributed by atoms with E-state index >= 15 is 0 Å². The summed E-state index contributed by atoms with van der Waals surface area (Å²) in [5, 5.41) is 3.25. The fourth-order valence-corrected chi connectivity index (χ4v) is 1.61. The average Bonchev–Trinajstić information content (AvgIpc) is 2.18. The standard InChI is InChI=1S/C9H19N3O2/c1-11(2)9(13)12-5-4-10-6-8(12)7-14-3/h8,10H,4-7H2,1-3H3. The third kappa shape index (κ3) is 2.59. The molecule has 5 nitrogen and oxygen atoms in total. The molecule has 1 fully saturated rings. The van der Waals surface area contributed by atoms with Gasteiger partial charge in [0.25, 0.3) is 0 Å². The molecule has 82 valence electrons. The van der Waals surface area contributed by atoms with Crippen LogP contribution >= 0.6 is 0 Å². The molecule has 1 saturated heterocycles. The second kappa shape index (κ2) is 5.17. The smallest absolute Gasteiger partial charge is 0.319 e. The molecule has 1 aliphatic rings. The van der Waals surface area contributed by atoms with Gasteiger partial charge in [-0.15, -0.1) is 0 Å². The number of rotatable bonds is 2. The van der Waals surface area contributed by atoms with Crippen molar-refractivity contribution in [3.63, 3.8) is 0 Å². The number of carbonyl (C=O) groups is 1. The molecule has 0 radical (unpaired) electrons. The van der Waals surface area contributed by atoms with Crippen molar-refractivity contribution in [3.05, 3.63) is 0 Å². The maximum absolute atomic E-state index is 11.8. The molecule has 1 heterocycles. The van der Waals surface area contributed by atoms with Crippen LogP contribution < -0.4 is 5.32 Å². The van der Waals surface area contributed by atoms with Gasteiger partial charge in [-0.25, -0.2) is 4.79 Å². The highest BCUT2D eigenvalue weighted by molar-refractivity contribution is 5.74. The van der Waals surface area contributed by atoms with Crippen molar-refractivity contribution in [2.45, 2.75) is 6.04 Å². The Balaban J connectivity index is 2.57. The zero-order chi connectivity index (χ0) is 10.6. The van der Waals surface area contributed by atoms with Gasteiger partial charge in [-0.2, -0.15) is 0 Å². The molecule has 0 aromatic heterocycles. The number of amides is 2. The third-order valence-electron chi connectivity index (χ3n) is 2.34. The first-order valence-electron chi connectivity index (χ1n) is 4.84. The lowest BCUT2D eigenvalue weighted by Gasteiger charge is -2.37. The first-order valence-corrected chi connectivity index (χ1v) is 4.84. The van der Waals surface area contributed by atoms with Gasteiger partial charge in [-0.3, -0.25) is 0 Å². The normalized spacial score (nSPS) is 22.2. The fraction of sp³-hybridized carbons (Fsp3) is 0.889. The van der Waals surface area contributed by atoms with Crippen LogP contribution in [-0.4, -0.2) is 69.3 Å². The molecule has 0 saturated carbocycles. The van der Waals surface area contributed by atoms with Crippen molar-refractivity contribution in [2.75, 3.05) is 47.4 Å². The topological polar surface area (TPSA) is 44.8 Å². The molecule has 1 unspecified atom stereocenters. The van der Waals surface area contributed by atoms with Crippen molar-refractivity contribution >= 4 is 6.03 Å². The van der Waals surface area contributed by atoms with Crippen LogP contribution in [0.2, 0.25) is 0 Å². The summed E-state index contributed by atoms with van der Waals surface area (Å²) in [5.74, 6) is 0. The van der Waals surface area contributed by atoms with Gasteiger partial charge in [0.15, 0.2) is 0 Å². The monoisotopic (exact) mass is 201 g/mol. The van der Waals surface area contributed by atoms with Gasteiger partial charge >= 0.3 is 6.03 Å². The van der Waals surface area contributed by atoms with Crippen LogP contribution in [0, 0.1) is 0 Å². The van der Waals surface area contributed by atoms with Crippen LogP contribution in [0.3, 0.4) is 0 Å². The minimum atomic E-state index is 0.0635. The number of hydrogen-bond acceptors (Lipinski definition) is 3. The van der Waals surface area contributed by atoms with E-state index in [4.69, 9.17) is 4.74 Å². The molecule has 1 N–H and O–H groups in total. The summed E-state index contributed by atoms with van der Waals surface area (Å²) in [6, 6.07) is 0.220. The van der Waals surface area contributed by atoms with Crippen molar-refractivity contribution in [1.29, 1.82) is 0 Å². The number of urea groups is 1. The van der Waals surface area contributed by atoms with E-state index in [9.17, 15) is 4.79 Å². The Morgan fingerprint density at radius 1 is 1.64 bits per heavy atom. The van der Waals surface area contributed by atoms with Gasteiger partial charge < -0.3 is 19.9 Å². The zero-order valence-electron chi connectivity index (χ0n) is 9.12. The van der Waals surface area contributed by atoms with Crippen molar-refractivity contribution in [2.24, 2.45) is 0 Å². The Hall–Kier alpha value is -0.810. The van der Waals surface area contributed by atoms with E-state index < -0.39 is 0 Å². The van der Waals surface area contributed by atoms with Crippen LogP contribution in [0.5, 0.6) is 0 Å². The van der Waals surface area contributed by atoms with Gasteiger partial charge in [-0.1, -0.05) is 0 Å². The molecule has 0 aromatic carbocycles. The number of nitrogens with one attached hydrogen (secondary N) is 1. The molecular formula is C9H19N3O2. The number of hydrogen-bond donors (Lipinski definition) is 1. The van der Waals surface area contributed by atoms with Crippen LogP contribution in [0.1, 0.15) is 0 Å². The highest BCUT2D eigenvalue weighted by atomic mass is 16.5. The minimum Gasteiger partial charge on any atom is -0.382 e. The number of nitrogens with zero attached hydrogens (tertiary/aromatic N) is 2. The number of piperazine rings is 1. The highest BCUT2D eigenvalue weighted by Gasteiger charge is 2.27. The average molecular weight is 201 g/mol. The van der Waals surface area contributed by atoms with E-state index in [0.29, 0.717) is 6.61 Å². The molecule has 0 spiro atoms. The molecule has 2 amide bonds. The SMILES string of the molecule is COCC1CNCCN1C(=O)N(C)C. The van der Waals surface area contributed by atoms with E-state index in [2.05, 4.69) is 5.32 Å². The van der Waals surface area contributed by atoms with Crippen LogP contribution in [0.4, 0.5) is 4.79 Å².